The third kappa shape index (κ3) is 6.08. The topological polar surface area (TPSA) is 44.4 Å². The molecule has 1 aliphatic rings. The van der Waals surface area contributed by atoms with Gasteiger partial charge in [0.2, 0.25) is 5.91 Å². The molecule has 1 rings (SSSR count). The average molecular weight is 227 g/mol. The molecule has 0 radical (unpaired) electrons. The van der Waals surface area contributed by atoms with E-state index in [9.17, 15) is 4.79 Å². The molecule has 4 nitrogen and oxygen atoms in total. The molecule has 0 unspecified atom stereocenters. The molecule has 1 aliphatic heterocycles. The normalized spacial score (nSPS) is 16.6. The maximum Gasteiger partial charge on any atom is 0.219 e. The quantitative estimate of drug-likeness (QED) is 0.597. The van der Waals surface area contributed by atoms with Gasteiger partial charge in [0, 0.05) is 13.5 Å². The van der Waals surface area contributed by atoms with Crippen LogP contribution in [0.4, 0.5) is 0 Å². The third-order valence-electron chi connectivity index (χ3n) is 3.06. The van der Waals surface area contributed by atoms with Gasteiger partial charge in [-0.25, -0.2) is 0 Å². The van der Waals surface area contributed by atoms with Gasteiger partial charge in [-0.05, 0) is 58.4 Å². The number of amides is 1. The fraction of sp³-hybridized carbons (Fsp3) is 0.917. The van der Waals surface area contributed by atoms with E-state index in [1.807, 2.05) is 0 Å². The van der Waals surface area contributed by atoms with Crippen molar-refractivity contribution in [2.75, 3.05) is 39.8 Å². The molecule has 0 aromatic heterocycles. The lowest BCUT2D eigenvalue weighted by molar-refractivity contribution is -0.120. The highest BCUT2D eigenvalue weighted by Gasteiger charge is 2.09. The second kappa shape index (κ2) is 8.53. The van der Waals surface area contributed by atoms with E-state index in [0.717, 1.165) is 19.5 Å². The fourth-order valence-corrected chi connectivity index (χ4v) is 2.06. The maximum absolute atomic E-state index is 10.9. The van der Waals surface area contributed by atoms with Crippen molar-refractivity contribution in [2.24, 2.45) is 0 Å². The summed E-state index contributed by atoms with van der Waals surface area (Å²) in [6.07, 6.45) is 5.54. The van der Waals surface area contributed by atoms with E-state index in [4.69, 9.17) is 0 Å². The standard InChI is InChI=1S/C12H25N3O/c1-13-12(16)6-4-7-14-8-5-11-15-9-2-3-10-15/h14H,2-11H2,1H3,(H,13,16). The van der Waals surface area contributed by atoms with E-state index >= 15 is 0 Å². The van der Waals surface area contributed by atoms with Crippen LogP contribution in [0.3, 0.4) is 0 Å². The summed E-state index contributed by atoms with van der Waals surface area (Å²) >= 11 is 0. The first-order chi connectivity index (χ1) is 7.83. The summed E-state index contributed by atoms with van der Waals surface area (Å²) in [7, 11) is 1.69. The second-order valence-corrected chi connectivity index (χ2v) is 4.43. The monoisotopic (exact) mass is 227 g/mol. The zero-order valence-corrected chi connectivity index (χ0v) is 10.4. The van der Waals surface area contributed by atoms with Gasteiger partial charge in [0.15, 0.2) is 0 Å². The smallest absolute Gasteiger partial charge is 0.219 e. The summed E-state index contributed by atoms with van der Waals surface area (Å²) in [5, 5.41) is 6.01. The number of carbonyl (C=O) groups is 1. The number of hydrogen-bond donors (Lipinski definition) is 2. The van der Waals surface area contributed by atoms with Crippen molar-refractivity contribution in [1.82, 2.24) is 15.5 Å². The van der Waals surface area contributed by atoms with E-state index in [2.05, 4.69) is 15.5 Å². The van der Waals surface area contributed by atoms with Gasteiger partial charge < -0.3 is 15.5 Å². The lowest BCUT2D eigenvalue weighted by Crippen LogP contribution is -2.26. The number of nitrogens with one attached hydrogen (secondary N) is 2. The molecule has 0 bridgehead atoms. The minimum atomic E-state index is 0.138. The first-order valence-electron chi connectivity index (χ1n) is 6.46. The Morgan fingerprint density at radius 3 is 2.56 bits per heavy atom. The Morgan fingerprint density at radius 1 is 1.19 bits per heavy atom. The van der Waals surface area contributed by atoms with E-state index in [0.29, 0.717) is 6.42 Å². The van der Waals surface area contributed by atoms with E-state index < -0.39 is 0 Å². The highest BCUT2D eigenvalue weighted by molar-refractivity contribution is 5.75. The predicted molar refractivity (Wildman–Crippen MR) is 66.5 cm³/mol. The number of hydrogen-bond acceptors (Lipinski definition) is 3. The van der Waals surface area contributed by atoms with Crippen molar-refractivity contribution in [2.45, 2.75) is 32.1 Å². The SMILES string of the molecule is CNC(=O)CCCNCCCN1CCCC1. The van der Waals surface area contributed by atoms with E-state index in [-0.39, 0.29) is 5.91 Å². The summed E-state index contributed by atoms with van der Waals surface area (Å²) in [4.78, 5) is 13.5. The first kappa shape index (κ1) is 13.5. The van der Waals surface area contributed by atoms with Gasteiger partial charge in [-0.15, -0.1) is 0 Å². The molecule has 94 valence electrons. The van der Waals surface area contributed by atoms with Gasteiger partial charge in [0.1, 0.15) is 0 Å². The van der Waals surface area contributed by atoms with E-state index in [1.165, 1.54) is 38.9 Å². The van der Waals surface area contributed by atoms with Crippen LogP contribution in [0.2, 0.25) is 0 Å². The number of likely N-dealkylation sites (tertiary alicyclic amines) is 1. The summed E-state index contributed by atoms with van der Waals surface area (Å²) < 4.78 is 0. The first-order valence-corrected chi connectivity index (χ1v) is 6.46. The summed E-state index contributed by atoms with van der Waals surface area (Å²) in [5.41, 5.74) is 0. The number of rotatable bonds is 8. The number of carbonyl (C=O) groups excluding carboxylic acids is 1. The Labute approximate surface area is 98.8 Å². The van der Waals surface area contributed by atoms with Crippen molar-refractivity contribution in [3.05, 3.63) is 0 Å². The largest absolute Gasteiger partial charge is 0.359 e. The molecule has 0 spiro atoms. The van der Waals surface area contributed by atoms with Gasteiger partial charge >= 0.3 is 0 Å². The van der Waals surface area contributed by atoms with Gasteiger partial charge in [0.05, 0.1) is 0 Å². The Kier molecular flexibility index (Phi) is 7.17. The van der Waals surface area contributed by atoms with E-state index in [1.54, 1.807) is 7.05 Å². The van der Waals surface area contributed by atoms with Gasteiger partial charge in [0.25, 0.3) is 0 Å². The van der Waals surface area contributed by atoms with Crippen molar-refractivity contribution in [3.8, 4) is 0 Å². The van der Waals surface area contributed by atoms with Crippen LogP contribution < -0.4 is 10.6 Å². The van der Waals surface area contributed by atoms with Crippen molar-refractivity contribution in [1.29, 1.82) is 0 Å². The average Bonchev–Trinajstić information content (AvgIpc) is 2.80. The zero-order valence-electron chi connectivity index (χ0n) is 10.4. The van der Waals surface area contributed by atoms with Gasteiger partial charge in [-0.2, -0.15) is 0 Å². The highest BCUT2D eigenvalue weighted by Crippen LogP contribution is 2.06. The Morgan fingerprint density at radius 2 is 1.88 bits per heavy atom. The van der Waals surface area contributed by atoms with Gasteiger partial charge in [-0.1, -0.05) is 0 Å². The molecule has 4 heteroatoms. The van der Waals surface area contributed by atoms with Crippen LogP contribution in [0.15, 0.2) is 0 Å². The molecule has 2 N–H and O–H groups in total. The Bertz CT molecular complexity index is 191. The van der Waals surface area contributed by atoms with Crippen molar-refractivity contribution < 1.29 is 4.79 Å². The number of nitrogens with zero attached hydrogens (tertiary/aromatic N) is 1. The molecular weight excluding hydrogens is 202 g/mol. The highest BCUT2D eigenvalue weighted by atomic mass is 16.1. The predicted octanol–water partition coefficient (Wildman–Crippen LogP) is 0.588. The van der Waals surface area contributed by atoms with Crippen LogP contribution in [-0.4, -0.2) is 50.6 Å². The molecule has 1 saturated heterocycles. The molecule has 0 aromatic carbocycles. The molecule has 16 heavy (non-hydrogen) atoms. The second-order valence-electron chi connectivity index (χ2n) is 4.43. The minimum absolute atomic E-state index is 0.138. The molecule has 0 atom stereocenters. The maximum atomic E-state index is 10.9. The molecule has 1 heterocycles. The van der Waals surface area contributed by atoms with Crippen LogP contribution in [0.5, 0.6) is 0 Å². The summed E-state index contributed by atoms with van der Waals surface area (Å²) in [6.45, 7) is 5.83. The minimum Gasteiger partial charge on any atom is -0.359 e. The molecule has 0 aliphatic carbocycles. The van der Waals surface area contributed by atoms with Crippen LogP contribution in [0, 0.1) is 0 Å². The molecular formula is C12H25N3O. The molecule has 1 amide bonds. The fourth-order valence-electron chi connectivity index (χ4n) is 2.06. The molecule has 0 saturated carbocycles. The van der Waals surface area contributed by atoms with Gasteiger partial charge in [-0.3, -0.25) is 4.79 Å². The summed E-state index contributed by atoms with van der Waals surface area (Å²) in [6, 6.07) is 0. The lowest BCUT2D eigenvalue weighted by Gasteiger charge is -2.14. The van der Waals surface area contributed by atoms with Crippen molar-refractivity contribution >= 4 is 5.91 Å². The molecule has 0 aromatic rings. The Balaban J connectivity index is 1.79. The van der Waals surface area contributed by atoms with Crippen molar-refractivity contribution in [3.63, 3.8) is 0 Å². The Hall–Kier alpha value is -0.610. The van der Waals surface area contributed by atoms with Crippen LogP contribution in [0.25, 0.3) is 0 Å². The summed E-state index contributed by atoms with van der Waals surface area (Å²) in [5.74, 6) is 0.138. The van der Waals surface area contributed by atoms with Crippen LogP contribution >= 0.6 is 0 Å². The lowest BCUT2D eigenvalue weighted by atomic mass is 10.3. The van der Waals surface area contributed by atoms with Crippen LogP contribution in [-0.2, 0) is 4.79 Å². The third-order valence-corrected chi connectivity index (χ3v) is 3.06. The van der Waals surface area contributed by atoms with Crippen LogP contribution in [0.1, 0.15) is 32.1 Å². The molecule has 1 fully saturated rings. The zero-order chi connectivity index (χ0) is 11.6.